The molecule has 106 valence electrons. The van der Waals surface area contributed by atoms with Gasteiger partial charge in [-0.25, -0.2) is 26.3 Å². The van der Waals surface area contributed by atoms with Gasteiger partial charge in [0.25, 0.3) is 0 Å². The van der Waals surface area contributed by atoms with Crippen molar-refractivity contribution in [1.82, 2.24) is 4.72 Å². The van der Waals surface area contributed by atoms with Crippen LogP contribution in [0, 0.1) is 17.5 Å². The lowest BCUT2D eigenvalue weighted by Gasteiger charge is -2.07. The van der Waals surface area contributed by atoms with Gasteiger partial charge in [0.05, 0.1) is 4.90 Å². The van der Waals surface area contributed by atoms with Crippen LogP contribution in [0.2, 0.25) is 0 Å². The topological polar surface area (TPSA) is 46.2 Å². The monoisotopic (exact) mass is 301 g/mol. The maximum atomic E-state index is 13.0. The summed E-state index contributed by atoms with van der Waals surface area (Å²) in [5.74, 6) is -4.31. The first kappa shape index (κ1) is 14.5. The van der Waals surface area contributed by atoms with E-state index >= 15 is 0 Å². The van der Waals surface area contributed by atoms with E-state index in [1.807, 2.05) is 0 Å². The van der Waals surface area contributed by atoms with Gasteiger partial charge in [-0.05, 0) is 29.8 Å². The Bertz CT molecular complexity index is 695. The van der Waals surface area contributed by atoms with Crippen molar-refractivity contribution in [3.05, 3.63) is 65.5 Å². The molecular formula is C13H10F3NO2S. The Hall–Kier alpha value is -1.86. The van der Waals surface area contributed by atoms with Crippen molar-refractivity contribution < 1.29 is 21.6 Å². The van der Waals surface area contributed by atoms with E-state index in [0.29, 0.717) is 0 Å². The third-order valence-corrected chi connectivity index (χ3v) is 3.98. The Morgan fingerprint density at radius 2 is 1.50 bits per heavy atom. The molecule has 0 saturated carbocycles. The molecule has 0 radical (unpaired) electrons. The predicted molar refractivity (Wildman–Crippen MR) is 66.8 cm³/mol. The minimum Gasteiger partial charge on any atom is -0.207 e. The summed E-state index contributed by atoms with van der Waals surface area (Å²) in [4.78, 5) is 0.0306. The molecule has 0 aliphatic heterocycles. The fourth-order valence-electron chi connectivity index (χ4n) is 1.57. The van der Waals surface area contributed by atoms with Gasteiger partial charge in [-0.3, -0.25) is 0 Å². The molecule has 0 aliphatic carbocycles. The molecule has 2 rings (SSSR count). The standard InChI is InChI=1S/C13H10F3NO2S/c14-11-6-9(7-12(15)13(11)16)8-17-20(18,19)10-4-2-1-3-5-10/h1-7,17H,8H2. The Morgan fingerprint density at radius 3 is 2.05 bits per heavy atom. The molecule has 20 heavy (non-hydrogen) atoms. The van der Waals surface area contributed by atoms with Crippen LogP contribution in [0.5, 0.6) is 0 Å². The number of halogens is 3. The second kappa shape index (κ2) is 5.64. The highest BCUT2D eigenvalue weighted by atomic mass is 32.2. The molecular weight excluding hydrogens is 291 g/mol. The highest BCUT2D eigenvalue weighted by Gasteiger charge is 2.15. The number of nitrogens with one attached hydrogen (secondary N) is 1. The van der Waals surface area contributed by atoms with Crippen LogP contribution in [0.3, 0.4) is 0 Å². The maximum absolute atomic E-state index is 13.0. The number of rotatable bonds is 4. The summed E-state index contributed by atoms with van der Waals surface area (Å²) in [5, 5.41) is 0. The van der Waals surface area contributed by atoms with E-state index in [2.05, 4.69) is 4.72 Å². The minimum atomic E-state index is -3.78. The second-order valence-corrected chi connectivity index (χ2v) is 5.78. The van der Waals surface area contributed by atoms with Crippen LogP contribution in [-0.2, 0) is 16.6 Å². The van der Waals surface area contributed by atoms with Gasteiger partial charge in [-0.15, -0.1) is 0 Å². The van der Waals surface area contributed by atoms with Gasteiger partial charge >= 0.3 is 0 Å². The molecule has 0 heterocycles. The van der Waals surface area contributed by atoms with Gasteiger partial charge in [-0.2, -0.15) is 0 Å². The van der Waals surface area contributed by atoms with Gasteiger partial charge in [0.2, 0.25) is 10.0 Å². The van der Waals surface area contributed by atoms with E-state index in [9.17, 15) is 21.6 Å². The average molecular weight is 301 g/mol. The van der Waals surface area contributed by atoms with Crippen LogP contribution in [0.15, 0.2) is 47.4 Å². The van der Waals surface area contributed by atoms with Gasteiger partial charge < -0.3 is 0 Å². The van der Waals surface area contributed by atoms with E-state index in [0.717, 1.165) is 12.1 Å². The third kappa shape index (κ3) is 3.17. The number of benzene rings is 2. The molecule has 0 unspecified atom stereocenters. The molecule has 7 heteroatoms. The van der Waals surface area contributed by atoms with Crippen LogP contribution in [-0.4, -0.2) is 8.42 Å². The number of hydrogen-bond donors (Lipinski definition) is 1. The van der Waals surface area contributed by atoms with Crippen molar-refractivity contribution in [2.24, 2.45) is 0 Å². The van der Waals surface area contributed by atoms with Crippen LogP contribution in [0.4, 0.5) is 13.2 Å². The van der Waals surface area contributed by atoms with Crippen molar-refractivity contribution >= 4 is 10.0 Å². The quantitative estimate of drug-likeness (QED) is 0.882. The van der Waals surface area contributed by atoms with Crippen molar-refractivity contribution in [3.8, 4) is 0 Å². The zero-order valence-electron chi connectivity index (χ0n) is 10.1. The van der Waals surface area contributed by atoms with Gasteiger partial charge in [0.1, 0.15) is 0 Å². The highest BCUT2D eigenvalue weighted by Crippen LogP contribution is 2.14. The van der Waals surface area contributed by atoms with Crippen molar-refractivity contribution in [1.29, 1.82) is 0 Å². The van der Waals surface area contributed by atoms with Crippen LogP contribution in [0.25, 0.3) is 0 Å². The van der Waals surface area contributed by atoms with Gasteiger partial charge in [0, 0.05) is 6.54 Å². The Morgan fingerprint density at radius 1 is 0.950 bits per heavy atom. The molecule has 0 amide bonds. The molecule has 1 N–H and O–H groups in total. The first-order valence-electron chi connectivity index (χ1n) is 5.58. The number of sulfonamides is 1. The van der Waals surface area contributed by atoms with Gasteiger partial charge in [-0.1, -0.05) is 18.2 Å². The Kier molecular flexibility index (Phi) is 4.10. The first-order valence-corrected chi connectivity index (χ1v) is 7.06. The lowest BCUT2D eigenvalue weighted by atomic mass is 10.2. The minimum absolute atomic E-state index is 0.0130. The molecule has 0 bridgehead atoms. The summed E-state index contributed by atoms with van der Waals surface area (Å²) in [6.45, 7) is -0.342. The largest absolute Gasteiger partial charge is 0.240 e. The van der Waals surface area contributed by atoms with E-state index < -0.39 is 27.5 Å². The van der Waals surface area contributed by atoms with E-state index in [-0.39, 0.29) is 17.0 Å². The molecule has 0 aliphatic rings. The first-order chi connectivity index (χ1) is 9.40. The molecule has 2 aromatic carbocycles. The Balaban J connectivity index is 2.17. The third-order valence-electron chi connectivity index (χ3n) is 2.56. The van der Waals surface area contributed by atoms with Crippen LogP contribution >= 0.6 is 0 Å². The predicted octanol–water partition coefficient (Wildman–Crippen LogP) is 2.58. The van der Waals surface area contributed by atoms with E-state index in [1.54, 1.807) is 18.2 Å². The summed E-state index contributed by atoms with van der Waals surface area (Å²) in [6, 6.07) is 9.00. The second-order valence-electron chi connectivity index (χ2n) is 4.01. The molecule has 3 nitrogen and oxygen atoms in total. The zero-order chi connectivity index (χ0) is 14.8. The van der Waals surface area contributed by atoms with Crippen molar-refractivity contribution in [2.75, 3.05) is 0 Å². The summed E-state index contributed by atoms with van der Waals surface area (Å²) in [7, 11) is -3.78. The average Bonchev–Trinajstić information content (AvgIpc) is 2.43. The molecule has 0 fully saturated rings. The molecule has 0 spiro atoms. The fourth-order valence-corrected chi connectivity index (χ4v) is 2.61. The lowest BCUT2D eigenvalue weighted by molar-refractivity contribution is 0.445. The maximum Gasteiger partial charge on any atom is 0.240 e. The van der Waals surface area contributed by atoms with Gasteiger partial charge in [0.15, 0.2) is 17.5 Å². The van der Waals surface area contributed by atoms with Crippen LogP contribution < -0.4 is 4.72 Å². The SMILES string of the molecule is O=S(=O)(NCc1cc(F)c(F)c(F)c1)c1ccccc1. The Labute approximate surface area is 114 Å². The lowest BCUT2D eigenvalue weighted by Crippen LogP contribution is -2.23. The molecule has 0 aromatic heterocycles. The summed E-state index contributed by atoms with van der Waals surface area (Å²) in [5.41, 5.74) is -0.0130. The van der Waals surface area contributed by atoms with E-state index in [4.69, 9.17) is 0 Å². The molecule has 0 atom stereocenters. The summed E-state index contributed by atoms with van der Waals surface area (Å²) in [6.07, 6.45) is 0. The normalized spacial score (nSPS) is 11.6. The fraction of sp³-hybridized carbons (Fsp3) is 0.0769. The smallest absolute Gasteiger partial charge is 0.207 e. The summed E-state index contributed by atoms with van der Waals surface area (Å²) >= 11 is 0. The summed E-state index contributed by atoms with van der Waals surface area (Å²) < 4.78 is 64.7. The zero-order valence-corrected chi connectivity index (χ0v) is 10.9. The van der Waals surface area contributed by atoms with E-state index in [1.165, 1.54) is 12.1 Å². The highest BCUT2D eigenvalue weighted by molar-refractivity contribution is 7.89. The van der Waals surface area contributed by atoms with Crippen molar-refractivity contribution in [3.63, 3.8) is 0 Å². The van der Waals surface area contributed by atoms with Crippen LogP contribution in [0.1, 0.15) is 5.56 Å². The van der Waals surface area contributed by atoms with Crippen molar-refractivity contribution in [2.45, 2.75) is 11.4 Å². The molecule has 2 aromatic rings. The molecule has 0 saturated heterocycles. The number of hydrogen-bond acceptors (Lipinski definition) is 2.